The smallest absolute Gasteiger partial charge is 0 e. The summed E-state index contributed by atoms with van der Waals surface area (Å²) in [5.74, 6) is 0. The van der Waals surface area contributed by atoms with Crippen LogP contribution in [0.3, 0.4) is 0 Å². The predicted molar refractivity (Wildman–Crippen MR) is 37.0 cm³/mol. The minimum absolute atomic E-state index is 0. The van der Waals surface area contributed by atoms with Crippen LogP contribution in [0.25, 0.3) is 0 Å². The van der Waals surface area contributed by atoms with Gasteiger partial charge in [-0.2, -0.15) is 0 Å². The zero-order chi connectivity index (χ0) is 2.71. The predicted octanol–water partition coefficient (Wildman–Crippen LogP) is 1.47. The van der Waals surface area contributed by atoms with Crippen LogP contribution in [0.1, 0.15) is 7.43 Å². The summed E-state index contributed by atoms with van der Waals surface area (Å²) in [7, 11) is 3.75. The second-order valence-corrected chi connectivity index (χ2v) is 0.500. The van der Waals surface area contributed by atoms with E-state index in [4.69, 9.17) is 0 Å². The molecule has 0 aromatic carbocycles. The van der Waals surface area contributed by atoms with Gasteiger partial charge in [0.25, 0.3) is 0 Å². The van der Waals surface area contributed by atoms with E-state index in [1.54, 1.807) is 0 Å². The third-order valence-electron chi connectivity index (χ3n) is 0. The minimum Gasteiger partial charge on any atom is -0.358 e. The Balaban J connectivity index is -0.0000000000725. The molecule has 20 radical (unpaired) electrons. The van der Waals surface area contributed by atoms with Crippen LogP contribution in [0.15, 0.2) is 0 Å². The number of nitrogens with one attached hydrogen (secondary N) is 1. The van der Waals surface area contributed by atoms with Gasteiger partial charge in [0.15, 0.2) is 0 Å². The number of halogens is 1. The molecular formula is C5H18FNY20-2. The Morgan fingerprint density at radius 3 is 0.296 bits per heavy atom. The van der Waals surface area contributed by atoms with Crippen LogP contribution >= 0.6 is 0 Å². The standard InChI is InChI=1S/C2H7N.CH4.2CH3.FH.20Y/c1-3-2;;;;;;;;;;;;;;;;;;;;;;;;/h3H,1-2H3;1H4;2*1H3;1H;;;;;;;;;;;;;;;;;;;;/q;;2*-1;;;;;;;;;;;;;;;;;;;;;. The van der Waals surface area contributed by atoms with Crippen LogP contribution in [0.2, 0.25) is 0 Å². The van der Waals surface area contributed by atoms with Gasteiger partial charge in [-0.15, -0.1) is 0 Å². The quantitative estimate of drug-likeness (QED) is 0.364. The van der Waals surface area contributed by atoms with E-state index in [1.807, 2.05) is 14.1 Å². The Hall–Kier alpha value is 22.0. The number of hydrogen-bond acceptors (Lipinski definition) is 1. The molecule has 0 fully saturated rings. The van der Waals surface area contributed by atoms with Crippen LogP contribution in [-0.2, 0) is 654 Å². The van der Waals surface area contributed by atoms with Crippen molar-refractivity contribution < 1.29 is 659 Å². The number of rotatable bonds is 0. The molecule has 0 saturated carbocycles. The van der Waals surface area contributed by atoms with E-state index in [9.17, 15) is 0 Å². The molecule has 0 aromatic rings. The van der Waals surface area contributed by atoms with Crippen molar-refractivity contribution >= 4 is 0 Å². The maximum atomic E-state index is 2.75. The number of hydrogen-bond donors (Lipinski definition) is 1. The Morgan fingerprint density at radius 1 is 0.296 bits per heavy atom. The molecule has 0 amide bonds. The molecule has 0 rings (SSSR count). The molecule has 1 N–H and O–H groups in total. The van der Waals surface area contributed by atoms with Gasteiger partial charge in [-0.25, -0.2) is 0 Å². The van der Waals surface area contributed by atoms with E-state index in [2.05, 4.69) is 5.32 Å². The Labute approximate surface area is 675 Å². The molecule has 0 saturated heterocycles. The van der Waals surface area contributed by atoms with Gasteiger partial charge in [0.05, 0.1) is 0 Å². The van der Waals surface area contributed by atoms with Crippen molar-refractivity contribution in [1.82, 2.24) is 5.32 Å². The first kappa shape index (κ1) is 196. The van der Waals surface area contributed by atoms with Crippen LogP contribution in [0.4, 0.5) is 4.70 Å². The first-order valence-corrected chi connectivity index (χ1v) is 1.00. The van der Waals surface area contributed by atoms with Gasteiger partial charge in [0.1, 0.15) is 0 Å². The molecule has 0 aliphatic rings. The molecule has 22 heteroatoms. The molecule has 112 valence electrons. The second kappa shape index (κ2) is 201. The molecule has 0 bridgehead atoms. The Bertz CT molecular complexity index is 30.3. The Morgan fingerprint density at radius 2 is 0.296 bits per heavy atom. The summed E-state index contributed by atoms with van der Waals surface area (Å²) in [4.78, 5) is 0. The summed E-state index contributed by atoms with van der Waals surface area (Å²) in [6.07, 6.45) is 0. The zero-order valence-electron chi connectivity index (χ0n) is 16.5. The summed E-state index contributed by atoms with van der Waals surface area (Å²) in [5, 5.41) is 2.75. The van der Waals surface area contributed by atoms with E-state index in [0.717, 1.165) is 0 Å². The van der Waals surface area contributed by atoms with Gasteiger partial charge in [0, 0.05) is 654 Å². The first-order chi connectivity index (χ1) is 1.41. The summed E-state index contributed by atoms with van der Waals surface area (Å²) < 4.78 is 0. The molecule has 27 heavy (non-hydrogen) atoms. The molecule has 0 aliphatic heterocycles. The molecular weight excluding hydrogens is 1870 g/mol. The van der Waals surface area contributed by atoms with E-state index in [-0.39, 0.29) is 681 Å². The first-order valence-electron chi connectivity index (χ1n) is 1.00. The van der Waals surface area contributed by atoms with Crippen LogP contribution in [0.5, 0.6) is 0 Å². The SMILES string of the molecule is C.CNC.F.[CH3-].[CH3-].[Y].[Y].[Y].[Y].[Y].[Y].[Y].[Y].[Y].[Y].[Y].[Y].[Y].[Y].[Y].[Y].[Y].[Y].[Y].[Y]. The van der Waals surface area contributed by atoms with Gasteiger partial charge in [-0.1, -0.05) is 7.43 Å². The van der Waals surface area contributed by atoms with Crippen LogP contribution < -0.4 is 5.32 Å². The van der Waals surface area contributed by atoms with E-state index >= 15 is 0 Å². The topological polar surface area (TPSA) is 12.0 Å². The van der Waals surface area contributed by atoms with Crippen LogP contribution in [-0.4, -0.2) is 14.1 Å². The van der Waals surface area contributed by atoms with Crippen molar-refractivity contribution in [3.63, 3.8) is 0 Å². The van der Waals surface area contributed by atoms with Gasteiger partial charge < -0.3 is 20.2 Å². The van der Waals surface area contributed by atoms with Crippen molar-refractivity contribution in [3.8, 4) is 0 Å². The normalized spacial score (nSPS) is 0.667. The van der Waals surface area contributed by atoms with Crippen molar-refractivity contribution in [2.24, 2.45) is 0 Å². The molecule has 0 aliphatic carbocycles. The maximum Gasteiger partial charge on any atom is 0 e. The minimum atomic E-state index is 0. The van der Waals surface area contributed by atoms with Crippen molar-refractivity contribution in [2.75, 3.05) is 14.1 Å². The molecule has 0 atom stereocenters. The fraction of sp³-hybridized carbons (Fsp3) is 0.600. The van der Waals surface area contributed by atoms with Crippen molar-refractivity contribution in [2.45, 2.75) is 7.43 Å². The average Bonchev–Trinajstić information content (AvgIpc) is 0.918. The second-order valence-electron chi connectivity index (χ2n) is 0.500. The summed E-state index contributed by atoms with van der Waals surface area (Å²) in [6.45, 7) is 0. The zero-order valence-corrected chi connectivity index (χ0v) is 73.2. The third-order valence-corrected chi connectivity index (χ3v) is 0. The van der Waals surface area contributed by atoms with Gasteiger partial charge in [0.2, 0.25) is 0 Å². The molecule has 1 nitrogen and oxygen atoms in total. The monoisotopic (exact) mass is 1890 g/mol. The molecule has 0 heterocycles. The van der Waals surface area contributed by atoms with Crippen LogP contribution in [0, 0.1) is 14.9 Å². The van der Waals surface area contributed by atoms with E-state index in [1.165, 1.54) is 0 Å². The van der Waals surface area contributed by atoms with Gasteiger partial charge >= 0.3 is 0 Å². The van der Waals surface area contributed by atoms with Crippen molar-refractivity contribution in [1.29, 1.82) is 0 Å². The summed E-state index contributed by atoms with van der Waals surface area (Å²) >= 11 is 0. The Kier molecular flexibility index (Phi) is 1460. The van der Waals surface area contributed by atoms with Gasteiger partial charge in [-0.05, 0) is 14.1 Å². The van der Waals surface area contributed by atoms with E-state index < -0.39 is 0 Å². The molecule has 0 spiro atoms. The third kappa shape index (κ3) is 210. The fourth-order valence-corrected chi connectivity index (χ4v) is 0. The maximum absolute atomic E-state index is 2.75. The summed E-state index contributed by atoms with van der Waals surface area (Å²) in [5.41, 5.74) is 0. The van der Waals surface area contributed by atoms with E-state index in [0.29, 0.717) is 0 Å². The molecule has 0 unspecified atom stereocenters. The fourth-order valence-electron chi connectivity index (χ4n) is 0. The van der Waals surface area contributed by atoms with Crippen molar-refractivity contribution in [3.05, 3.63) is 14.9 Å². The average molecular weight is 1890 g/mol. The van der Waals surface area contributed by atoms with Gasteiger partial charge in [-0.3, -0.25) is 4.70 Å². The largest absolute Gasteiger partial charge is 0.358 e. The summed E-state index contributed by atoms with van der Waals surface area (Å²) in [6, 6.07) is 0. The molecule has 0 aromatic heterocycles.